The first-order valence-corrected chi connectivity index (χ1v) is 6.66. The first-order valence-electron chi connectivity index (χ1n) is 6.28. The third-order valence-electron chi connectivity index (χ3n) is 3.30. The molecule has 3 amide bonds. The lowest BCUT2D eigenvalue weighted by atomic mass is 10.1. The molecular weight excluding hydrogens is 294 g/mol. The lowest BCUT2D eigenvalue weighted by Crippen LogP contribution is -2.51. The number of rotatable bonds is 3. The zero-order chi connectivity index (χ0) is 15.6. The number of anilines is 1. The highest BCUT2D eigenvalue weighted by atomic mass is 35.5. The second-order valence-corrected chi connectivity index (χ2v) is 5.02. The summed E-state index contributed by atoms with van der Waals surface area (Å²) in [7, 11) is 3.02. The smallest absolute Gasteiger partial charge is 0.323 e. The third-order valence-corrected chi connectivity index (χ3v) is 3.55. The molecule has 0 saturated heterocycles. The van der Waals surface area contributed by atoms with Crippen molar-refractivity contribution in [3.8, 4) is 0 Å². The lowest BCUT2D eigenvalue weighted by Gasteiger charge is -2.32. The van der Waals surface area contributed by atoms with E-state index in [9.17, 15) is 9.59 Å². The van der Waals surface area contributed by atoms with Crippen LogP contribution >= 0.6 is 11.6 Å². The van der Waals surface area contributed by atoms with Gasteiger partial charge < -0.3 is 20.3 Å². The second-order valence-electron chi connectivity index (χ2n) is 4.58. The Kier molecular flexibility index (Phi) is 4.50. The van der Waals surface area contributed by atoms with Crippen LogP contribution in [0.5, 0.6) is 0 Å². The maximum atomic E-state index is 12.4. The minimum Gasteiger partial charge on any atom is -0.357 e. The number of carbonyl (C=O) groups is 2. The Morgan fingerprint density at radius 2 is 2.00 bits per heavy atom. The van der Waals surface area contributed by atoms with Crippen molar-refractivity contribution >= 4 is 29.2 Å². The van der Waals surface area contributed by atoms with E-state index in [0.29, 0.717) is 22.0 Å². The Bertz CT molecular complexity index is 598. The van der Waals surface area contributed by atoms with Crippen molar-refractivity contribution in [2.45, 2.75) is 13.2 Å². The summed E-state index contributed by atoms with van der Waals surface area (Å²) in [4.78, 5) is 25.5. The molecule has 6 nitrogen and oxygen atoms in total. The van der Waals surface area contributed by atoms with Crippen LogP contribution in [0.2, 0.25) is 5.02 Å². The maximum absolute atomic E-state index is 12.4. The molecular formula is C14H16ClN3O3. The normalized spacial score (nSPS) is 18.6. The Hall–Kier alpha value is -2.05. The molecule has 0 bridgehead atoms. The minimum atomic E-state index is -0.777. The molecule has 1 atom stereocenters. The number of amides is 3. The number of allylic oxidation sites excluding steroid dienone is 1. The summed E-state index contributed by atoms with van der Waals surface area (Å²) in [6.07, 6.45) is -0.777. The number of hydrogen-bond donors (Lipinski definition) is 2. The first kappa shape index (κ1) is 15.3. The molecule has 0 saturated carbocycles. The number of methoxy groups -OCH3 is 1. The summed E-state index contributed by atoms with van der Waals surface area (Å²) in [6.45, 7) is 1.70. The van der Waals surface area contributed by atoms with Crippen LogP contribution in [0.25, 0.3) is 0 Å². The molecule has 1 aliphatic heterocycles. The van der Waals surface area contributed by atoms with Crippen LogP contribution in [0.15, 0.2) is 35.5 Å². The van der Waals surface area contributed by atoms with E-state index in [-0.39, 0.29) is 11.9 Å². The number of urea groups is 1. The first-order chi connectivity index (χ1) is 9.93. The highest BCUT2D eigenvalue weighted by Gasteiger charge is 2.33. The number of carbonyl (C=O) groups excluding carboxylic acids is 2. The molecule has 1 aromatic carbocycles. The van der Waals surface area contributed by atoms with Gasteiger partial charge in [0.15, 0.2) is 6.23 Å². The molecule has 2 rings (SSSR count). The van der Waals surface area contributed by atoms with E-state index in [4.69, 9.17) is 16.3 Å². The van der Waals surface area contributed by atoms with E-state index in [0.717, 1.165) is 0 Å². The van der Waals surface area contributed by atoms with Crippen molar-refractivity contribution in [1.82, 2.24) is 10.2 Å². The summed E-state index contributed by atoms with van der Waals surface area (Å²) in [5, 5.41) is 5.94. The Labute approximate surface area is 127 Å². The van der Waals surface area contributed by atoms with Crippen molar-refractivity contribution in [2.75, 3.05) is 19.5 Å². The van der Waals surface area contributed by atoms with Crippen molar-refractivity contribution in [3.63, 3.8) is 0 Å². The van der Waals surface area contributed by atoms with Gasteiger partial charge in [0.25, 0.3) is 5.91 Å². The molecule has 0 aromatic heterocycles. The number of benzene rings is 1. The van der Waals surface area contributed by atoms with Crippen LogP contribution in [-0.2, 0) is 9.53 Å². The van der Waals surface area contributed by atoms with Crippen LogP contribution in [0, 0.1) is 0 Å². The number of nitrogens with zero attached hydrogens (tertiary/aromatic N) is 1. The van der Waals surface area contributed by atoms with Crippen LogP contribution in [0.3, 0.4) is 0 Å². The van der Waals surface area contributed by atoms with Crippen molar-refractivity contribution in [1.29, 1.82) is 0 Å². The predicted octanol–water partition coefficient (Wildman–Crippen LogP) is 2.18. The van der Waals surface area contributed by atoms with Gasteiger partial charge in [-0.3, -0.25) is 4.79 Å². The van der Waals surface area contributed by atoms with Crippen LogP contribution in [0.1, 0.15) is 6.92 Å². The Balaban J connectivity index is 2.27. The molecule has 21 heavy (non-hydrogen) atoms. The van der Waals surface area contributed by atoms with Crippen LogP contribution < -0.4 is 10.6 Å². The van der Waals surface area contributed by atoms with Gasteiger partial charge in [-0.05, 0) is 31.2 Å². The van der Waals surface area contributed by atoms with E-state index in [1.54, 1.807) is 38.2 Å². The highest BCUT2D eigenvalue weighted by molar-refractivity contribution is 6.30. The number of hydrogen-bond acceptors (Lipinski definition) is 3. The van der Waals surface area contributed by atoms with Crippen LogP contribution in [-0.4, -0.2) is 37.2 Å². The third kappa shape index (κ3) is 3.17. The number of ether oxygens (including phenoxy) is 1. The second kappa shape index (κ2) is 6.15. The van der Waals surface area contributed by atoms with E-state index in [2.05, 4.69) is 10.6 Å². The van der Waals surface area contributed by atoms with Gasteiger partial charge >= 0.3 is 6.03 Å². The van der Waals surface area contributed by atoms with Gasteiger partial charge in [-0.2, -0.15) is 0 Å². The fraction of sp³-hybridized carbons (Fsp3) is 0.286. The summed E-state index contributed by atoms with van der Waals surface area (Å²) >= 11 is 5.80. The number of nitrogens with one attached hydrogen (secondary N) is 2. The maximum Gasteiger partial charge on any atom is 0.323 e. The van der Waals surface area contributed by atoms with Gasteiger partial charge in [0.1, 0.15) is 0 Å². The standard InChI is InChI=1S/C14H16ClN3O3/c1-8-11(13(21-3)17-14(20)18(8)2)12(19)16-10-6-4-9(15)5-7-10/h4-7,13H,1-3H3,(H,16,19)(H,17,20). The summed E-state index contributed by atoms with van der Waals surface area (Å²) in [6, 6.07) is 6.44. The van der Waals surface area contributed by atoms with E-state index in [1.165, 1.54) is 12.0 Å². The van der Waals surface area contributed by atoms with Crippen LogP contribution in [0.4, 0.5) is 10.5 Å². The molecule has 0 radical (unpaired) electrons. The average molecular weight is 310 g/mol. The minimum absolute atomic E-state index is 0.317. The quantitative estimate of drug-likeness (QED) is 0.899. The average Bonchev–Trinajstić information content (AvgIpc) is 2.46. The van der Waals surface area contributed by atoms with Gasteiger partial charge in [-0.25, -0.2) is 4.79 Å². The largest absolute Gasteiger partial charge is 0.357 e. The van der Waals surface area contributed by atoms with Gasteiger partial charge in [0.05, 0.1) is 5.57 Å². The molecule has 7 heteroatoms. The molecule has 0 aliphatic carbocycles. The van der Waals surface area contributed by atoms with Gasteiger partial charge in [0.2, 0.25) is 0 Å². The summed E-state index contributed by atoms with van der Waals surface area (Å²) in [5.74, 6) is -0.339. The van der Waals surface area contributed by atoms with Crippen molar-refractivity contribution < 1.29 is 14.3 Å². The topological polar surface area (TPSA) is 70.7 Å². The highest BCUT2D eigenvalue weighted by Crippen LogP contribution is 2.21. The number of halogens is 1. The lowest BCUT2D eigenvalue weighted by molar-refractivity contribution is -0.114. The van der Waals surface area contributed by atoms with Gasteiger partial charge in [0, 0.05) is 30.6 Å². The summed E-state index contributed by atoms with van der Waals surface area (Å²) in [5.41, 5.74) is 1.51. The predicted molar refractivity (Wildman–Crippen MR) is 79.9 cm³/mol. The van der Waals surface area contributed by atoms with Crippen molar-refractivity contribution in [2.24, 2.45) is 0 Å². The molecule has 1 aliphatic rings. The molecule has 0 spiro atoms. The fourth-order valence-corrected chi connectivity index (χ4v) is 2.12. The molecule has 112 valence electrons. The molecule has 1 aromatic rings. The van der Waals surface area contributed by atoms with Gasteiger partial charge in [-0.15, -0.1) is 0 Å². The van der Waals surface area contributed by atoms with Gasteiger partial charge in [-0.1, -0.05) is 11.6 Å². The zero-order valence-corrected chi connectivity index (χ0v) is 12.7. The monoisotopic (exact) mass is 309 g/mol. The fourth-order valence-electron chi connectivity index (χ4n) is 2.00. The van der Waals surface area contributed by atoms with E-state index >= 15 is 0 Å². The molecule has 0 fully saturated rings. The van der Waals surface area contributed by atoms with Crippen molar-refractivity contribution in [3.05, 3.63) is 40.6 Å². The molecule has 1 heterocycles. The Morgan fingerprint density at radius 3 is 2.57 bits per heavy atom. The summed E-state index contributed by atoms with van der Waals surface area (Å²) < 4.78 is 5.17. The zero-order valence-electron chi connectivity index (χ0n) is 11.9. The van der Waals surface area contributed by atoms with E-state index < -0.39 is 6.23 Å². The SMILES string of the molecule is COC1NC(=O)N(C)C(C)=C1C(=O)Nc1ccc(Cl)cc1. The Morgan fingerprint density at radius 1 is 1.38 bits per heavy atom. The molecule has 1 unspecified atom stereocenters. The van der Waals surface area contributed by atoms with E-state index in [1.807, 2.05) is 0 Å². The molecule has 2 N–H and O–H groups in total.